The first-order valence-corrected chi connectivity index (χ1v) is 15.6. The summed E-state index contributed by atoms with van der Waals surface area (Å²) in [7, 11) is 0. The van der Waals surface area contributed by atoms with E-state index < -0.39 is 0 Å². The summed E-state index contributed by atoms with van der Waals surface area (Å²) in [6.45, 7) is 0. The van der Waals surface area contributed by atoms with E-state index >= 15 is 0 Å². The molecule has 6 aromatic rings. The molecule has 0 saturated carbocycles. The minimum absolute atomic E-state index is 0.576. The SMILES string of the molecule is c1csc(-c2cccc3c4[nH]c(c23)N=C2N=C(N=C3CC(=NC5=NC(=N4)c4ccccc45)c4ccccc43)c3ccccc32)c1. The molecule has 0 unspecified atom stereocenters. The molecule has 5 heterocycles. The standard InChI is InChI=1S/C37H21N7S/c1-2-10-21-20(9-1)28-19-29(21)39-33-23-12-4-6-14-25(23)35(41-33)43-37-31-26(30-17-8-18-45-30)15-7-16-27(31)36(44-37)42-34-24-13-5-3-11-22(24)32(38-28)40-34/h1-18H,19H2,(H,38,39,40,41,42,43,44). The number of benzene rings is 4. The van der Waals surface area contributed by atoms with Crippen molar-refractivity contribution in [3.8, 4) is 10.4 Å². The highest BCUT2D eigenvalue weighted by molar-refractivity contribution is 7.13. The zero-order valence-corrected chi connectivity index (χ0v) is 24.5. The van der Waals surface area contributed by atoms with Crippen LogP contribution in [0.1, 0.15) is 39.8 Å². The van der Waals surface area contributed by atoms with Crippen molar-refractivity contribution < 1.29 is 0 Å². The highest BCUT2D eigenvalue weighted by Crippen LogP contribution is 2.43. The molecule has 1 aliphatic carbocycles. The third-order valence-corrected chi connectivity index (χ3v) is 9.53. The second kappa shape index (κ2) is 9.32. The number of fused-ring (bicyclic) bond motifs is 18. The van der Waals surface area contributed by atoms with Gasteiger partial charge in [-0.1, -0.05) is 97.1 Å². The number of nitrogens with zero attached hydrogens (tertiary/aromatic N) is 6. The molecule has 45 heavy (non-hydrogen) atoms. The number of thiophene rings is 1. The Kier molecular flexibility index (Phi) is 5.09. The molecule has 4 aromatic carbocycles. The molecule has 0 spiro atoms. The fourth-order valence-corrected chi connectivity index (χ4v) is 7.34. The van der Waals surface area contributed by atoms with Crippen LogP contribution in [0.4, 0.5) is 11.6 Å². The first-order chi connectivity index (χ1) is 22.3. The van der Waals surface area contributed by atoms with Crippen LogP contribution in [0.3, 0.4) is 0 Å². The van der Waals surface area contributed by atoms with Crippen molar-refractivity contribution in [2.24, 2.45) is 30.0 Å². The summed E-state index contributed by atoms with van der Waals surface area (Å²) in [4.78, 5) is 35.5. The van der Waals surface area contributed by atoms with Gasteiger partial charge in [0.1, 0.15) is 11.6 Å². The first kappa shape index (κ1) is 24.6. The van der Waals surface area contributed by atoms with Crippen LogP contribution in [0.2, 0.25) is 0 Å². The molecular formula is C37H21N7S. The number of rotatable bonds is 1. The van der Waals surface area contributed by atoms with E-state index in [0.29, 0.717) is 41.4 Å². The van der Waals surface area contributed by atoms with E-state index in [4.69, 9.17) is 30.0 Å². The second-order valence-electron chi connectivity index (χ2n) is 11.2. The number of hydrogen-bond acceptors (Lipinski definition) is 7. The number of amidine groups is 4. The molecule has 0 fully saturated rings. The zero-order chi connectivity index (χ0) is 29.5. The monoisotopic (exact) mass is 595 g/mol. The van der Waals surface area contributed by atoms with Crippen molar-refractivity contribution in [1.29, 1.82) is 0 Å². The van der Waals surface area contributed by atoms with E-state index in [1.807, 2.05) is 36.4 Å². The van der Waals surface area contributed by atoms with Crippen molar-refractivity contribution >= 4 is 68.5 Å². The highest BCUT2D eigenvalue weighted by atomic mass is 32.1. The number of H-pyrrole nitrogens is 1. The predicted octanol–water partition coefficient (Wildman–Crippen LogP) is 8.27. The summed E-state index contributed by atoms with van der Waals surface area (Å²) < 4.78 is 0. The molecule has 210 valence electrons. The topological polar surface area (TPSA) is 89.9 Å². The van der Waals surface area contributed by atoms with Gasteiger partial charge in [-0.25, -0.2) is 30.0 Å². The molecule has 7 nitrogen and oxygen atoms in total. The normalized spacial score (nSPS) is 15.8. The predicted molar refractivity (Wildman–Crippen MR) is 184 cm³/mol. The van der Waals surface area contributed by atoms with E-state index in [0.717, 1.165) is 66.0 Å². The molecule has 8 heteroatoms. The second-order valence-corrected chi connectivity index (χ2v) is 12.1. The Morgan fingerprint density at radius 1 is 0.444 bits per heavy atom. The molecule has 0 radical (unpaired) electrons. The lowest BCUT2D eigenvalue weighted by molar-refractivity contribution is 1.29. The molecule has 4 aliphatic rings. The Bertz CT molecular complexity index is 2450. The third-order valence-electron chi connectivity index (χ3n) is 8.62. The maximum Gasteiger partial charge on any atom is 0.164 e. The lowest BCUT2D eigenvalue weighted by Gasteiger charge is -2.03. The van der Waals surface area contributed by atoms with E-state index in [1.165, 1.54) is 0 Å². The molecule has 10 rings (SSSR count). The number of nitrogens with one attached hydrogen (secondary N) is 1. The smallest absolute Gasteiger partial charge is 0.164 e. The van der Waals surface area contributed by atoms with Crippen molar-refractivity contribution in [2.75, 3.05) is 0 Å². The van der Waals surface area contributed by atoms with Gasteiger partial charge in [0, 0.05) is 61.0 Å². The van der Waals surface area contributed by atoms with Crippen molar-refractivity contribution in [3.05, 3.63) is 142 Å². The summed E-state index contributed by atoms with van der Waals surface area (Å²) in [5, 5.41) is 4.05. The number of aliphatic imine (C=N–C) groups is 6. The number of aromatic amines is 1. The van der Waals surface area contributed by atoms with Gasteiger partial charge < -0.3 is 4.98 Å². The van der Waals surface area contributed by atoms with Crippen LogP contribution in [0, 0.1) is 0 Å². The largest absolute Gasteiger partial charge is 0.324 e. The molecule has 8 bridgehead atoms. The summed E-state index contributed by atoms with van der Waals surface area (Å²) >= 11 is 1.70. The van der Waals surface area contributed by atoms with E-state index in [2.05, 4.69) is 77.1 Å². The molecule has 0 amide bonds. The van der Waals surface area contributed by atoms with Gasteiger partial charge in [0.05, 0.1) is 11.4 Å². The Hall–Kier alpha value is -5.86. The van der Waals surface area contributed by atoms with Crippen LogP contribution in [-0.2, 0) is 0 Å². The zero-order valence-electron chi connectivity index (χ0n) is 23.7. The van der Waals surface area contributed by atoms with Crippen molar-refractivity contribution in [1.82, 2.24) is 4.98 Å². The molecule has 3 aliphatic heterocycles. The summed E-state index contributed by atoms with van der Waals surface area (Å²) in [5.74, 6) is 3.94. The molecular weight excluding hydrogens is 575 g/mol. The number of hydrogen-bond donors (Lipinski definition) is 1. The third kappa shape index (κ3) is 3.69. The minimum Gasteiger partial charge on any atom is -0.324 e. The average Bonchev–Trinajstić information content (AvgIpc) is 3.91. The van der Waals surface area contributed by atoms with Gasteiger partial charge >= 0.3 is 0 Å². The quantitative estimate of drug-likeness (QED) is 0.198. The highest BCUT2D eigenvalue weighted by Gasteiger charge is 2.30. The maximum absolute atomic E-state index is 5.21. The molecule has 0 saturated heterocycles. The Balaban J connectivity index is 1.31. The summed E-state index contributed by atoms with van der Waals surface area (Å²) in [6.07, 6.45) is 0.576. The fraction of sp³-hybridized carbons (Fsp3) is 0.0270. The van der Waals surface area contributed by atoms with Gasteiger partial charge in [-0.3, -0.25) is 0 Å². The van der Waals surface area contributed by atoms with Crippen LogP contribution in [0.25, 0.3) is 21.2 Å². The minimum atomic E-state index is 0.576. The van der Waals surface area contributed by atoms with Crippen LogP contribution in [0.5, 0.6) is 0 Å². The number of aromatic nitrogens is 1. The van der Waals surface area contributed by atoms with Crippen LogP contribution in [0.15, 0.2) is 138 Å². The summed E-state index contributed by atoms with van der Waals surface area (Å²) in [5.41, 5.74) is 8.90. The van der Waals surface area contributed by atoms with Crippen molar-refractivity contribution in [2.45, 2.75) is 6.42 Å². The Morgan fingerprint density at radius 3 is 1.51 bits per heavy atom. The molecule has 2 aromatic heterocycles. The molecule has 1 N–H and O–H groups in total. The van der Waals surface area contributed by atoms with Gasteiger partial charge in [0.25, 0.3) is 0 Å². The summed E-state index contributed by atoms with van der Waals surface area (Å²) in [6, 6.07) is 35.1. The van der Waals surface area contributed by atoms with Gasteiger partial charge in [-0.05, 0) is 11.4 Å². The van der Waals surface area contributed by atoms with Gasteiger partial charge in [-0.15, -0.1) is 11.3 Å². The Morgan fingerprint density at radius 2 is 0.956 bits per heavy atom. The van der Waals surface area contributed by atoms with Crippen LogP contribution < -0.4 is 0 Å². The van der Waals surface area contributed by atoms with E-state index in [9.17, 15) is 0 Å². The van der Waals surface area contributed by atoms with E-state index in [1.54, 1.807) is 11.3 Å². The van der Waals surface area contributed by atoms with Crippen LogP contribution in [-0.4, -0.2) is 39.7 Å². The fourth-order valence-electron chi connectivity index (χ4n) is 6.59. The lowest BCUT2D eigenvalue weighted by Crippen LogP contribution is -2.04. The lowest BCUT2D eigenvalue weighted by atomic mass is 10.1. The average molecular weight is 596 g/mol. The first-order valence-electron chi connectivity index (χ1n) is 14.8. The van der Waals surface area contributed by atoms with Gasteiger partial charge in [0.15, 0.2) is 23.3 Å². The Labute approximate surface area is 261 Å². The van der Waals surface area contributed by atoms with Gasteiger partial charge in [0.2, 0.25) is 0 Å². The molecule has 0 atom stereocenters. The van der Waals surface area contributed by atoms with Crippen molar-refractivity contribution in [3.63, 3.8) is 0 Å². The maximum atomic E-state index is 5.21. The van der Waals surface area contributed by atoms with Crippen LogP contribution >= 0.6 is 11.3 Å². The van der Waals surface area contributed by atoms with E-state index in [-0.39, 0.29) is 0 Å². The van der Waals surface area contributed by atoms with Gasteiger partial charge in [-0.2, -0.15) is 0 Å².